The summed E-state index contributed by atoms with van der Waals surface area (Å²) >= 11 is 0. The van der Waals surface area contributed by atoms with E-state index in [1.54, 1.807) is 0 Å². The van der Waals surface area contributed by atoms with Gasteiger partial charge in [-0.05, 0) is 25.7 Å². The first kappa shape index (κ1) is 8.75. The van der Waals surface area contributed by atoms with Crippen LogP contribution in [0.5, 0.6) is 0 Å². The van der Waals surface area contributed by atoms with Crippen molar-refractivity contribution in [3.05, 3.63) is 17.7 Å². The molecule has 0 fully saturated rings. The highest BCUT2D eigenvalue weighted by Gasteiger charge is 2.11. The van der Waals surface area contributed by atoms with Crippen molar-refractivity contribution in [3.8, 4) is 0 Å². The van der Waals surface area contributed by atoms with Crippen LogP contribution in [0, 0.1) is 0 Å². The summed E-state index contributed by atoms with van der Waals surface area (Å²) in [5, 5.41) is 8.70. The monoisotopic (exact) mass is 180 g/mol. The second-order valence-corrected chi connectivity index (χ2v) is 3.63. The molecule has 2 heterocycles. The van der Waals surface area contributed by atoms with Gasteiger partial charge in [-0.25, -0.2) is 4.98 Å². The summed E-state index contributed by atoms with van der Waals surface area (Å²) in [4.78, 5) is 4.54. The summed E-state index contributed by atoms with van der Waals surface area (Å²) in [5.74, 6) is 1.24. The number of hydrogen-bond acceptors (Lipinski definition) is 2. The second kappa shape index (κ2) is 3.92. The third kappa shape index (κ3) is 1.91. The number of aliphatic hydroxyl groups is 1. The number of aliphatic hydroxyl groups excluding tert-OH is 1. The molecule has 0 saturated heterocycles. The lowest BCUT2D eigenvalue weighted by molar-refractivity contribution is 0.288. The van der Waals surface area contributed by atoms with Crippen LogP contribution in [0.15, 0.2) is 6.20 Å². The van der Waals surface area contributed by atoms with Gasteiger partial charge in [-0.15, -0.1) is 0 Å². The van der Waals surface area contributed by atoms with Crippen molar-refractivity contribution < 1.29 is 5.11 Å². The van der Waals surface area contributed by atoms with Gasteiger partial charge in [-0.3, -0.25) is 0 Å². The highest BCUT2D eigenvalue weighted by atomic mass is 16.2. The molecule has 1 aliphatic heterocycles. The molecule has 0 atom stereocenters. The molecule has 3 nitrogen and oxygen atoms in total. The van der Waals surface area contributed by atoms with Crippen molar-refractivity contribution in [3.63, 3.8) is 0 Å². The highest BCUT2D eigenvalue weighted by Crippen LogP contribution is 2.15. The fourth-order valence-corrected chi connectivity index (χ4v) is 1.85. The first-order valence-electron chi connectivity index (χ1n) is 5.06. The van der Waals surface area contributed by atoms with Gasteiger partial charge in [-0.2, -0.15) is 0 Å². The molecule has 0 bridgehead atoms. The first-order valence-corrected chi connectivity index (χ1v) is 5.06. The Labute approximate surface area is 78.4 Å². The predicted octanol–water partition coefficient (Wildman–Crippen LogP) is 1.14. The third-order valence-corrected chi connectivity index (χ3v) is 2.55. The number of aryl methyl sites for hydroxylation is 3. The lowest BCUT2D eigenvalue weighted by Crippen LogP contribution is -2.08. The van der Waals surface area contributed by atoms with Gasteiger partial charge in [0.25, 0.3) is 0 Å². The lowest BCUT2D eigenvalue weighted by Gasteiger charge is -2.11. The zero-order valence-corrected chi connectivity index (χ0v) is 7.87. The number of rotatable bonds is 3. The smallest absolute Gasteiger partial charge is 0.108 e. The largest absolute Gasteiger partial charge is 0.396 e. The Bertz CT molecular complexity index is 257. The minimum atomic E-state index is 0.266. The molecule has 72 valence electrons. The molecule has 1 N–H and O–H groups in total. The molecule has 0 radical (unpaired) electrons. The molecule has 0 aliphatic carbocycles. The molecule has 2 rings (SSSR count). The summed E-state index contributed by atoms with van der Waals surface area (Å²) in [6.45, 7) is 1.39. The van der Waals surface area contributed by atoms with Crippen LogP contribution in [-0.2, 0) is 19.4 Å². The summed E-state index contributed by atoms with van der Waals surface area (Å²) in [7, 11) is 0. The van der Waals surface area contributed by atoms with Crippen molar-refractivity contribution >= 4 is 0 Å². The predicted molar refractivity (Wildman–Crippen MR) is 50.6 cm³/mol. The number of hydrogen-bond donors (Lipinski definition) is 1. The first-order chi connectivity index (χ1) is 6.40. The fraction of sp³-hybridized carbons (Fsp3) is 0.700. The Balaban J connectivity index is 2.07. The maximum absolute atomic E-state index is 8.70. The molecular formula is C10H16N2O. The van der Waals surface area contributed by atoms with Crippen LogP contribution in [0.1, 0.15) is 30.8 Å². The second-order valence-electron chi connectivity index (χ2n) is 3.63. The van der Waals surface area contributed by atoms with Crippen molar-refractivity contribution in [2.75, 3.05) is 6.61 Å². The average Bonchev–Trinajstić information content (AvgIpc) is 2.57. The normalized spacial score (nSPS) is 15.8. The Morgan fingerprint density at radius 1 is 1.46 bits per heavy atom. The Morgan fingerprint density at radius 2 is 2.38 bits per heavy atom. The molecule has 0 aromatic carbocycles. The number of fused-ring (bicyclic) bond motifs is 1. The highest BCUT2D eigenvalue weighted by molar-refractivity contribution is 5.06. The maximum atomic E-state index is 8.70. The van der Waals surface area contributed by atoms with Gasteiger partial charge in [0.1, 0.15) is 5.82 Å². The van der Waals surface area contributed by atoms with Gasteiger partial charge >= 0.3 is 0 Å². The maximum Gasteiger partial charge on any atom is 0.108 e. The fourth-order valence-electron chi connectivity index (χ4n) is 1.85. The molecule has 0 saturated carbocycles. The number of aromatic nitrogens is 2. The number of imidazole rings is 1. The van der Waals surface area contributed by atoms with Gasteiger partial charge in [0, 0.05) is 25.8 Å². The molecule has 1 aromatic rings. The lowest BCUT2D eigenvalue weighted by atomic mass is 10.2. The van der Waals surface area contributed by atoms with Crippen LogP contribution in [-0.4, -0.2) is 21.3 Å². The summed E-state index contributed by atoms with van der Waals surface area (Å²) < 4.78 is 2.26. The van der Waals surface area contributed by atoms with Crippen LogP contribution in [0.3, 0.4) is 0 Å². The topological polar surface area (TPSA) is 38.0 Å². The van der Waals surface area contributed by atoms with Crippen LogP contribution >= 0.6 is 0 Å². The quantitative estimate of drug-likeness (QED) is 0.757. The van der Waals surface area contributed by atoms with E-state index >= 15 is 0 Å². The van der Waals surface area contributed by atoms with E-state index in [0.29, 0.717) is 0 Å². The van der Waals surface area contributed by atoms with Crippen molar-refractivity contribution in [1.29, 1.82) is 0 Å². The Morgan fingerprint density at radius 3 is 3.15 bits per heavy atom. The molecule has 1 aromatic heterocycles. The van der Waals surface area contributed by atoms with Gasteiger partial charge in [-0.1, -0.05) is 0 Å². The molecular weight excluding hydrogens is 164 g/mol. The van der Waals surface area contributed by atoms with E-state index in [-0.39, 0.29) is 6.61 Å². The van der Waals surface area contributed by atoms with E-state index < -0.39 is 0 Å². The standard InChI is InChI=1S/C10H16N2O/c13-7-3-4-9-8-12-6-2-1-5-10(12)11-9/h8,13H,1-7H2. The zero-order chi connectivity index (χ0) is 9.10. The molecule has 0 unspecified atom stereocenters. The van der Waals surface area contributed by atoms with Crippen molar-refractivity contribution in [2.24, 2.45) is 0 Å². The van der Waals surface area contributed by atoms with Gasteiger partial charge < -0.3 is 9.67 Å². The molecule has 0 spiro atoms. The Kier molecular flexibility index (Phi) is 2.64. The average molecular weight is 180 g/mol. The van der Waals surface area contributed by atoms with Crippen LogP contribution < -0.4 is 0 Å². The summed E-state index contributed by atoms with van der Waals surface area (Å²) in [5.41, 5.74) is 1.14. The summed E-state index contributed by atoms with van der Waals surface area (Å²) in [6, 6.07) is 0. The van der Waals surface area contributed by atoms with E-state index in [2.05, 4.69) is 15.7 Å². The van der Waals surface area contributed by atoms with Gasteiger partial charge in [0.2, 0.25) is 0 Å². The van der Waals surface area contributed by atoms with Crippen LogP contribution in [0.25, 0.3) is 0 Å². The minimum absolute atomic E-state index is 0.266. The number of nitrogens with zero attached hydrogens (tertiary/aromatic N) is 2. The van der Waals surface area contributed by atoms with E-state index in [4.69, 9.17) is 5.11 Å². The van der Waals surface area contributed by atoms with E-state index in [1.807, 2.05) is 0 Å². The summed E-state index contributed by atoms with van der Waals surface area (Å²) in [6.07, 6.45) is 7.56. The Hall–Kier alpha value is -0.830. The van der Waals surface area contributed by atoms with Crippen LogP contribution in [0.4, 0.5) is 0 Å². The SMILES string of the molecule is OCCCc1cn2c(n1)CCCC2. The zero-order valence-electron chi connectivity index (χ0n) is 7.87. The van der Waals surface area contributed by atoms with Gasteiger partial charge in [0.05, 0.1) is 5.69 Å². The van der Waals surface area contributed by atoms with Crippen molar-refractivity contribution in [1.82, 2.24) is 9.55 Å². The molecule has 3 heteroatoms. The molecule has 0 amide bonds. The van der Waals surface area contributed by atoms with E-state index in [9.17, 15) is 0 Å². The third-order valence-electron chi connectivity index (χ3n) is 2.55. The molecule has 1 aliphatic rings. The van der Waals surface area contributed by atoms with Gasteiger partial charge in [0.15, 0.2) is 0 Å². The molecule has 13 heavy (non-hydrogen) atoms. The van der Waals surface area contributed by atoms with Crippen LogP contribution in [0.2, 0.25) is 0 Å². The van der Waals surface area contributed by atoms with Crippen molar-refractivity contribution in [2.45, 2.75) is 38.6 Å². The van der Waals surface area contributed by atoms with E-state index in [0.717, 1.165) is 31.5 Å². The minimum Gasteiger partial charge on any atom is -0.396 e. The van der Waals surface area contributed by atoms with E-state index in [1.165, 1.54) is 18.7 Å².